The molecule has 0 aliphatic heterocycles. The molecule has 0 saturated heterocycles. The van der Waals surface area contributed by atoms with Crippen molar-refractivity contribution in [1.82, 2.24) is 9.78 Å². The van der Waals surface area contributed by atoms with Crippen LogP contribution in [0.4, 0.5) is 0 Å². The van der Waals surface area contributed by atoms with E-state index in [4.69, 9.17) is 25.9 Å². The van der Waals surface area contributed by atoms with Gasteiger partial charge in [-0.1, -0.05) is 28.9 Å². The number of nitrogens with zero attached hydrogens (tertiary/aromatic N) is 3. The van der Waals surface area contributed by atoms with E-state index in [2.05, 4.69) is 10.3 Å². The largest absolute Gasteiger partial charge is 0.456 e. The lowest BCUT2D eigenvalue weighted by Crippen LogP contribution is -2.23. The SMILES string of the molecule is Cc1nn(C)c(Oc2ccc(Cl)cc2)c1/C=N/OCc1ccc(C(=O)OC(C)(C)C)cc1. The minimum atomic E-state index is -0.534. The highest BCUT2D eigenvalue weighted by Crippen LogP contribution is 2.27. The molecule has 3 aromatic rings. The van der Waals surface area contributed by atoms with E-state index in [1.807, 2.05) is 27.7 Å². The van der Waals surface area contributed by atoms with E-state index < -0.39 is 5.60 Å². The minimum Gasteiger partial charge on any atom is -0.456 e. The van der Waals surface area contributed by atoms with Crippen LogP contribution in [-0.2, 0) is 23.2 Å². The van der Waals surface area contributed by atoms with Gasteiger partial charge in [-0.05, 0) is 69.7 Å². The number of benzene rings is 2. The highest BCUT2D eigenvalue weighted by molar-refractivity contribution is 6.30. The predicted octanol–water partition coefficient (Wildman–Crippen LogP) is 5.68. The molecule has 168 valence electrons. The van der Waals surface area contributed by atoms with Crippen LogP contribution in [0.25, 0.3) is 0 Å². The zero-order valence-electron chi connectivity index (χ0n) is 18.8. The molecule has 7 nitrogen and oxygen atoms in total. The summed E-state index contributed by atoms with van der Waals surface area (Å²) in [5, 5.41) is 9.08. The molecule has 2 aromatic carbocycles. The summed E-state index contributed by atoms with van der Waals surface area (Å²) in [6.07, 6.45) is 1.57. The molecule has 0 aliphatic carbocycles. The Morgan fingerprint density at radius 3 is 2.41 bits per heavy atom. The van der Waals surface area contributed by atoms with Crippen LogP contribution in [0.5, 0.6) is 11.6 Å². The molecule has 0 unspecified atom stereocenters. The number of oxime groups is 1. The summed E-state index contributed by atoms with van der Waals surface area (Å²) in [4.78, 5) is 17.5. The third kappa shape index (κ3) is 6.34. The van der Waals surface area contributed by atoms with Crippen LogP contribution in [0.15, 0.2) is 53.7 Å². The third-order valence-electron chi connectivity index (χ3n) is 4.32. The van der Waals surface area contributed by atoms with Crippen molar-refractivity contribution in [3.05, 3.63) is 75.9 Å². The molecule has 1 heterocycles. The first-order valence-electron chi connectivity index (χ1n) is 10.1. The number of hydrogen-bond acceptors (Lipinski definition) is 6. The number of aryl methyl sites for hydroxylation is 2. The Morgan fingerprint density at radius 2 is 1.78 bits per heavy atom. The number of carbonyl (C=O) groups is 1. The van der Waals surface area contributed by atoms with Crippen LogP contribution in [-0.4, -0.2) is 27.6 Å². The van der Waals surface area contributed by atoms with Gasteiger partial charge in [-0.2, -0.15) is 5.10 Å². The molecular formula is C24H26ClN3O4. The second-order valence-corrected chi connectivity index (χ2v) is 8.63. The van der Waals surface area contributed by atoms with Gasteiger partial charge in [-0.15, -0.1) is 0 Å². The average Bonchev–Trinajstić information content (AvgIpc) is 2.98. The zero-order valence-corrected chi connectivity index (χ0v) is 19.5. The summed E-state index contributed by atoms with van der Waals surface area (Å²) in [6, 6.07) is 14.1. The Kier molecular flexibility index (Phi) is 7.20. The molecule has 0 spiro atoms. The van der Waals surface area contributed by atoms with Gasteiger partial charge < -0.3 is 14.3 Å². The monoisotopic (exact) mass is 455 g/mol. The maximum absolute atomic E-state index is 12.1. The second kappa shape index (κ2) is 9.87. The summed E-state index contributed by atoms with van der Waals surface area (Å²) < 4.78 is 13.0. The first-order valence-corrected chi connectivity index (χ1v) is 10.4. The molecule has 0 atom stereocenters. The third-order valence-corrected chi connectivity index (χ3v) is 4.57. The van der Waals surface area contributed by atoms with Gasteiger partial charge in [0.05, 0.1) is 23.0 Å². The minimum absolute atomic E-state index is 0.248. The molecule has 0 bridgehead atoms. The summed E-state index contributed by atoms with van der Waals surface area (Å²) >= 11 is 5.93. The highest BCUT2D eigenvalue weighted by atomic mass is 35.5. The Hall–Kier alpha value is -3.32. The fraction of sp³-hybridized carbons (Fsp3) is 0.292. The van der Waals surface area contributed by atoms with E-state index in [-0.39, 0.29) is 12.6 Å². The quantitative estimate of drug-likeness (QED) is 0.260. The van der Waals surface area contributed by atoms with Crippen LogP contribution in [0.1, 0.15) is 48.0 Å². The maximum Gasteiger partial charge on any atom is 0.338 e. The van der Waals surface area contributed by atoms with Crippen molar-refractivity contribution in [3.8, 4) is 11.6 Å². The van der Waals surface area contributed by atoms with Gasteiger partial charge in [0, 0.05) is 12.1 Å². The second-order valence-electron chi connectivity index (χ2n) is 8.19. The summed E-state index contributed by atoms with van der Waals surface area (Å²) in [5.41, 5.74) is 2.29. The van der Waals surface area contributed by atoms with E-state index in [1.54, 1.807) is 66.5 Å². The molecule has 0 fully saturated rings. The van der Waals surface area contributed by atoms with Gasteiger partial charge in [0.25, 0.3) is 0 Å². The van der Waals surface area contributed by atoms with Crippen molar-refractivity contribution < 1.29 is 19.1 Å². The molecule has 0 N–H and O–H groups in total. The number of aromatic nitrogens is 2. The number of rotatable bonds is 7. The summed E-state index contributed by atoms with van der Waals surface area (Å²) in [7, 11) is 1.79. The lowest BCUT2D eigenvalue weighted by Gasteiger charge is -2.19. The molecule has 0 saturated carbocycles. The lowest BCUT2D eigenvalue weighted by molar-refractivity contribution is 0.00694. The normalized spacial score (nSPS) is 11.6. The average molecular weight is 456 g/mol. The van der Waals surface area contributed by atoms with E-state index in [0.717, 1.165) is 11.3 Å². The van der Waals surface area contributed by atoms with Crippen molar-refractivity contribution >= 4 is 23.8 Å². The van der Waals surface area contributed by atoms with Crippen LogP contribution in [0, 0.1) is 6.92 Å². The first kappa shape index (κ1) is 23.3. The van der Waals surface area contributed by atoms with Gasteiger partial charge in [0.15, 0.2) is 0 Å². The maximum atomic E-state index is 12.1. The Labute approximate surface area is 192 Å². The lowest BCUT2D eigenvalue weighted by atomic mass is 10.1. The van der Waals surface area contributed by atoms with Crippen molar-refractivity contribution in [1.29, 1.82) is 0 Å². The topological polar surface area (TPSA) is 74.9 Å². The van der Waals surface area contributed by atoms with Gasteiger partial charge in [0.1, 0.15) is 18.0 Å². The number of esters is 1. The zero-order chi connectivity index (χ0) is 23.3. The van der Waals surface area contributed by atoms with Crippen molar-refractivity contribution in [2.75, 3.05) is 0 Å². The first-order chi connectivity index (χ1) is 15.1. The standard InChI is InChI=1S/C24H26ClN3O4/c1-16-21(22(28(5)27-16)31-20-12-10-19(25)11-13-20)14-26-30-15-17-6-8-18(9-7-17)23(29)32-24(2,3)4/h6-14H,15H2,1-5H3/b26-14+. The highest BCUT2D eigenvalue weighted by Gasteiger charge is 2.18. The van der Waals surface area contributed by atoms with Crippen LogP contribution >= 0.6 is 11.6 Å². The van der Waals surface area contributed by atoms with Gasteiger partial charge in [0.2, 0.25) is 5.88 Å². The van der Waals surface area contributed by atoms with Crippen molar-refractivity contribution in [2.45, 2.75) is 39.9 Å². The van der Waals surface area contributed by atoms with E-state index >= 15 is 0 Å². The van der Waals surface area contributed by atoms with Gasteiger partial charge >= 0.3 is 5.97 Å². The fourth-order valence-corrected chi connectivity index (χ4v) is 2.94. The summed E-state index contributed by atoms with van der Waals surface area (Å²) in [6.45, 7) is 7.62. The molecule has 32 heavy (non-hydrogen) atoms. The summed E-state index contributed by atoms with van der Waals surface area (Å²) in [5.74, 6) is 0.820. The Balaban J connectivity index is 1.62. The van der Waals surface area contributed by atoms with Crippen molar-refractivity contribution in [2.24, 2.45) is 12.2 Å². The molecule has 1 aromatic heterocycles. The molecular weight excluding hydrogens is 430 g/mol. The number of hydrogen-bond donors (Lipinski definition) is 0. The Bertz CT molecular complexity index is 1100. The Morgan fingerprint density at radius 1 is 1.12 bits per heavy atom. The van der Waals surface area contributed by atoms with E-state index in [9.17, 15) is 4.79 Å². The van der Waals surface area contributed by atoms with Crippen molar-refractivity contribution in [3.63, 3.8) is 0 Å². The molecule has 3 rings (SSSR count). The van der Waals surface area contributed by atoms with Crippen LogP contribution in [0.2, 0.25) is 5.02 Å². The fourth-order valence-electron chi connectivity index (χ4n) is 2.81. The number of carbonyl (C=O) groups excluding carboxylic acids is 1. The molecule has 0 amide bonds. The smallest absolute Gasteiger partial charge is 0.338 e. The van der Waals surface area contributed by atoms with Crippen LogP contribution < -0.4 is 4.74 Å². The van der Waals surface area contributed by atoms with E-state index in [0.29, 0.717) is 27.8 Å². The predicted molar refractivity (Wildman–Crippen MR) is 123 cm³/mol. The molecule has 8 heteroatoms. The van der Waals surface area contributed by atoms with E-state index in [1.165, 1.54) is 0 Å². The number of halogens is 1. The number of ether oxygens (including phenoxy) is 2. The van der Waals surface area contributed by atoms with Gasteiger partial charge in [-0.25, -0.2) is 9.48 Å². The molecule has 0 aliphatic rings. The molecule has 0 radical (unpaired) electrons. The van der Waals surface area contributed by atoms with Crippen LogP contribution in [0.3, 0.4) is 0 Å². The van der Waals surface area contributed by atoms with Gasteiger partial charge in [-0.3, -0.25) is 0 Å².